The standard InChI is InChI=1S/C16H12F3IN2O2/c17-16(18,19)13-5-2-6-14(21-13)24-12-8-22(9-12)15(23)10-3-1-4-11(20)7-10/h1-7,12H,8-9H2. The molecule has 1 aromatic carbocycles. The van der Waals surface area contributed by atoms with Crippen LogP contribution in [0.1, 0.15) is 16.1 Å². The zero-order chi connectivity index (χ0) is 17.3. The highest BCUT2D eigenvalue weighted by atomic mass is 127. The van der Waals surface area contributed by atoms with E-state index in [9.17, 15) is 18.0 Å². The summed E-state index contributed by atoms with van der Waals surface area (Å²) < 4.78 is 44.2. The lowest BCUT2D eigenvalue weighted by atomic mass is 10.1. The number of amides is 1. The van der Waals surface area contributed by atoms with E-state index in [4.69, 9.17) is 4.74 Å². The monoisotopic (exact) mass is 448 g/mol. The second-order valence-electron chi connectivity index (χ2n) is 5.32. The van der Waals surface area contributed by atoms with Crippen LogP contribution in [0.25, 0.3) is 0 Å². The van der Waals surface area contributed by atoms with Gasteiger partial charge in [-0.2, -0.15) is 13.2 Å². The van der Waals surface area contributed by atoms with Crippen molar-refractivity contribution < 1.29 is 22.7 Å². The molecule has 1 fully saturated rings. The molecule has 0 N–H and O–H groups in total. The highest BCUT2D eigenvalue weighted by Crippen LogP contribution is 2.29. The van der Waals surface area contributed by atoms with E-state index in [1.807, 2.05) is 6.07 Å². The number of pyridine rings is 1. The van der Waals surface area contributed by atoms with Crippen molar-refractivity contribution in [2.24, 2.45) is 0 Å². The van der Waals surface area contributed by atoms with Crippen LogP contribution >= 0.6 is 22.6 Å². The number of aromatic nitrogens is 1. The van der Waals surface area contributed by atoms with Crippen molar-refractivity contribution in [2.75, 3.05) is 13.1 Å². The fourth-order valence-electron chi connectivity index (χ4n) is 2.29. The average molecular weight is 448 g/mol. The lowest BCUT2D eigenvalue weighted by molar-refractivity contribution is -0.141. The topological polar surface area (TPSA) is 42.4 Å². The molecule has 2 heterocycles. The number of hydrogen-bond acceptors (Lipinski definition) is 3. The van der Waals surface area contributed by atoms with Gasteiger partial charge < -0.3 is 9.64 Å². The Balaban J connectivity index is 1.59. The Morgan fingerprint density at radius 1 is 1.21 bits per heavy atom. The third-order valence-corrected chi connectivity index (χ3v) is 4.18. The summed E-state index contributed by atoms with van der Waals surface area (Å²) in [6, 6.07) is 10.7. The first kappa shape index (κ1) is 17.0. The normalized spacial score (nSPS) is 15.1. The highest BCUT2D eigenvalue weighted by molar-refractivity contribution is 14.1. The number of hydrogen-bond donors (Lipinski definition) is 0. The number of nitrogens with zero attached hydrogens (tertiary/aromatic N) is 2. The van der Waals surface area contributed by atoms with E-state index in [1.165, 1.54) is 12.1 Å². The van der Waals surface area contributed by atoms with Crippen molar-refractivity contribution in [1.82, 2.24) is 9.88 Å². The van der Waals surface area contributed by atoms with Crippen molar-refractivity contribution in [2.45, 2.75) is 12.3 Å². The first-order valence-corrected chi connectivity index (χ1v) is 8.16. The van der Waals surface area contributed by atoms with Crippen LogP contribution in [0.2, 0.25) is 0 Å². The Labute approximate surface area is 149 Å². The Hall–Kier alpha value is -1.84. The van der Waals surface area contributed by atoms with Gasteiger partial charge in [0.15, 0.2) is 0 Å². The zero-order valence-corrected chi connectivity index (χ0v) is 14.4. The van der Waals surface area contributed by atoms with E-state index in [2.05, 4.69) is 27.6 Å². The number of carbonyl (C=O) groups is 1. The maximum Gasteiger partial charge on any atom is 0.433 e. The third-order valence-electron chi connectivity index (χ3n) is 3.51. The number of likely N-dealkylation sites (tertiary alicyclic amines) is 1. The van der Waals surface area contributed by atoms with Gasteiger partial charge in [-0.05, 0) is 46.9 Å². The first-order valence-electron chi connectivity index (χ1n) is 7.09. The first-order chi connectivity index (χ1) is 11.3. The smallest absolute Gasteiger partial charge is 0.433 e. The number of benzene rings is 1. The van der Waals surface area contributed by atoms with Gasteiger partial charge in [-0.1, -0.05) is 12.1 Å². The molecule has 0 aliphatic carbocycles. The molecule has 2 aromatic rings. The molecule has 1 aromatic heterocycles. The summed E-state index contributed by atoms with van der Waals surface area (Å²) in [6.07, 6.45) is -4.86. The summed E-state index contributed by atoms with van der Waals surface area (Å²) in [5, 5.41) is 0. The van der Waals surface area contributed by atoms with Gasteiger partial charge in [0.05, 0.1) is 13.1 Å². The van der Waals surface area contributed by atoms with Crippen LogP contribution in [-0.4, -0.2) is 35.0 Å². The predicted molar refractivity (Wildman–Crippen MR) is 88.7 cm³/mol. The van der Waals surface area contributed by atoms with Crippen molar-refractivity contribution in [3.8, 4) is 5.88 Å². The Kier molecular flexibility index (Phi) is 4.66. The molecule has 0 unspecified atom stereocenters. The number of carbonyl (C=O) groups excluding carboxylic acids is 1. The molecule has 4 nitrogen and oxygen atoms in total. The van der Waals surface area contributed by atoms with Gasteiger partial charge in [0.1, 0.15) is 11.8 Å². The molecule has 0 radical (unpaired) electrons. The van der Waals surface area contributed by atoms with E-state index >= 15 is 0 Å². The molecular weight excluding hydrogens is 436 g/mol. The Morgan fingerprint density at radius 3 is 2.58 bits per heavy atom. The second-order valence-corrected chi connectivity index (χ2v) is 6.56. The summed E-state index contributed by atoms with van der Waals surface area (Å²) in [6.45, 7) is 0.643. The number of alkyl halides is 3. The van der Waals surface area contributed by atoms with E-state index in [0.29, 0.717) is 18.7 Å². The van der Waals surface area contributed by atoms with Crippen LogP contribution in [-0.2, 0) is 6.18 Å². The lowest BCUT2D eigenvalue weighted by Gasteiger charge is -2.38. The molecule has 8 heteroatoms. The molecular formula is C16H12F3IN2O2. The molecule has 1 aliphatic heterocycles. The van der Waals surface area contributed by atoms with Gasteiger partial charge in [0.25, 0.3) is 5.91 Å². The number of rotatable bonds is 3. The Bertz CT molecular complexity index is 761. The maximum atomic E-state index is 12.6. The van der Waals surface area contributed by atoms with Gasteiger partial charge in [-0.15, -0.1) is 0 Å². The van der Waals surface area contributed by atoms with Crippen molar-refractivity contribution >= 4 is 28.5 Å². The minimum atomic E-state index is -4.51. The number of ether oxygens (including phenoxy) is 1. The van der Waals surface area contributed by atoms with Crippen molar-refractivity contribution in [1.29, 1.82) is 0 Å². The molecule has 0 saturated carbocycles. The minimum absolute atomic E-state index is 0.0869. The molecule has 1 amide bonds. The largest absolute Gasteiger partial charge is 0.471 e. The van der Waals surface area contributed by atoms with Crippen molar-refractivity contribution in [3.63, 3.8) is 0 Å². The fourth-order valence-corrected chi connectivity index (χ4v) is 2.83. The lowest BCUT2D eigenvalue weighted by Crippen LogP contribution is -2.56. The van der Waals surface area contributed by atoms with Gasteiger partial charge >= 0.3 is 6.18 Å². The van der Waals surface area contributed by atoms with E-state index in [-0.39, 0.29) is 17.9 Å². The maximum absolute atomic E-state index is 12.6. The van der Waals surface area contributed by atoms with Crippen LogP contribution in [0, 0.1) is 3.57 Å². The molecule has 126 valence electrons. The average Bonchev–Trinajstić information content (AvgIpc) is 2.49. The third kappa shape index (κ3) is 3.80. The van der Waals surface area contributed by atoms with E-state index < -0.39 is 11.9 Å². The molecule has 1 saturated heterocycles. The molecule has 3 rings (SSSR count). The van der Waals surface area contributed by atoms with Crippen LogP contribution in [0.3, 0.4) is 0 Å². The van der Waals surface area contributed by atoms with Crippen LogP contribution < -0.4 is 4.74 Å². The molecule has 0 bridgehead atoms. The molecule has 24 heavy (non-hydrogen) atoms. The van der Waals surface area contributed by atoms with E-state index in [0.717, 1.165) is 9.64 Å². The molecule has 0 spiro atoms. The number of halogens is 4. The zero-order valence-electron chi connectivity index (χ0n) is 12.3. The van der Waals surface area contributed by atoms with Crippen LogP contribution in [0.15, 0.2) is 42.5 Å². The van der Waals surface area contributed by atoms with Crippen LogP contribution in [0.4, 0.5) is 13.2 Å². The summed E-state index contributed by atoms with van der Waals surface area (Å²) in [5.74, 6) is -0.207. The van der Waals surface area contributed by atoms with Crippen molar-refractivity contribution in [3.05, 3.63) is 57.3 Å². The minimum Gasteiger partial charge on any atom is -0.471 e. The van der Waals surface area contributed by atoms with E-state index in [1.54, 1.807) is 23.1 Å². The second kappa shape index (κ2) is 6.58. The van der Waals surface area contributed by atoms with Gasteiger partial charge in [-0.3, -0.25) is 4.79 Å². The van der Waals surface area contributed by atoms with Gasteiger partial charge in [0.2, 0.25) is 5.88 Å². The quantitative estimate of drug-likeness (QED) is 0.675. The molecule has 1 aliphatic rings. The van der Waals surface area contributed by atoms with Gasteiger partial charge in [-0.25, -0.2) is 4.98 Å². The fraction of sp³-hybridized carbons (Fsp3) is 0.250. The summed E-state index contributed by atoms with van der Waals surface area (Å²) >= 11 is 2.13. The Morgan fingerprint density at radius 2 is 1.92 bits per heavy atom. The van der Waals surface area contributed by atoms with Gasteiger partial charge in [0, 0.05) is 15.2 Å². The SMILES string of the molecule is O=C(c1cccc(I)c1)N1CC(Oc2cccc(C(F)(F)F)n2)C1. The summed E-state index contributed by atoms with van der Waals surface area (Å²) in [5.41, 5.74) is -0.413. The summed E-state index contributed by atoms with van der Waals surface area (Å²) in [4.78, 5) is 17.3. The highest BCUT2D eigenvalue weighted by Gasteiger charge is 2.35. The molecule has 0 atom stereocenters. The van der Waals surface area contributed by atoms with Crippen LogP contribution in [0.5, 0.6) is 5.88 Å². The summed E-state index contributed by atoms with van der Waals surface area (Å²) in [7, 11) is 0. The predicted octanol–water partition coefficient (Wildman–Crippen LogP) is 3.61.